The fourth-order valence-corrected chi connectivity index (χ4v) is 2.93. The molecule has 0 N–H and O–H groups in total. The third kappa shape index (κ3) is 4.85. The minimum absolute atomic E-state index is 0.0509. The second-order valence-corrected chi connectivity index (χ2v) is 6.45. The van der Waals surface area contributed by atoms with Crippen molar-refractivity contribution in [2.45, 2.75) is 13.0 Å². The molecule has 0 radical (unpaired) electrons. The van der Waals surface area contributed by atoms with E-state index in [0.29, 0.717) is 10.0 Å². The van der Waals surface area contributed by atoms with E-state index in [1.54, 1.807) is 6.07 Å². The summed E-state index contributed by atoms with van der Waals surface area (Å²) in [5, 5.41) is 1.25. The lowest BCUT2D eigenvalue weighted by Gasteiger charge is -2.09. The van der Waals surface area contributed by atoms with E-state index in [0.717, 1.165) is 22.6 Å². The van der Waals surface area contributed by atoms with Crippen molar-refractivity contribution < 1.29 is 4.74 Å². The highest BCUT2D eigenvalue weighted by Gasteiger charge is 2.08. The Bertz CT molecular complexity index is 861. The molecule has 1 atom stereocenters. The molecule has 126 valence electrons. The van der Waals surface area contributed by atoms with Crippen LogP contribution >= 0.6 is 23.2 Å². The van der Waals surface area contributed by atoms with E-state index in [4.69, 9.17) is 27.9 Å². The van der Waals surface area contributed by atoms with Gasteiger partial charge in [-0.2, -0.15) is 0 Å². The molecule has 0 aliphatic carbocycles. The average molecular weight is 370 g/mol. The maximum atomic E-state index is 6.23. The lowest BCUT2D eigenvalue weighted by atomic mass is 10.1. The molecule has 0 saturated carbocycles. The molecule has 0 aliphatic rings. The molecule has 3 aromatic carbocycles. The van der Waals surface area contributed by atoms with Gasteiger partial charge in [0.15, 0.2) is 0 Å². The van der Waals surface area contributed by atoms with Crippen LogP contribution in [0.25, 0.3) is 0 Å². The van der Waals surface area contributed by atoms with Crippen LogP contribution in [-0.2, 0) is 0 Å². The summed E-state index contributed by atoms with van der Waals surface area (Å²) < 4.78 is 5.78. The minimum Gasteiger partial charge on any atom is -0.457 e. The van der Waals surface area contributed by atoms with Gasteiger partial charge >= 0.3 is 0 Å². The maximum absolute atomic E-state index is 6.23. The molecular formula is C21H17Cl2NO. The molecular weight excluding hydrogens is 353 g/mol. The van der Waals surface area contributed by atoms with Gasteiger partial charge in [-0.15, -0.1) is 0 Å². The van der Waals surface area contributed by atoms with Crippen molar-refractivity contribution in [1.29, 1.82) is 0 Å². The summed E-state index contributed by atoms with van der Waals surface area (Å²) in [5.41, 5.74) is 1.95. The SMILES string of the molecule is CC(N=Cc1ccc(Oc2ccccc2)cc1)c1ccc(Cl)cc1Cl. The summed E-state index contributed by atoms with van der Waals surface area (Å²) in [5.74, 6) is 1.60. The summed E-state index contributed by atoms with van der Waals surface area (Å²) >= 11 is 12.2. The quantitative estimate of drug-likeness (QED) is 0.445. The van der Waals surface area contributed by atoms with Crippen LogP contribution in [0.4, 0.5) is 0 Å². The number of benzene rings is 3. The zero-order chi connectivity index (χ0) is 17.6. The normalized spacial score (nSPS) is 12.3. The first-order valence-corrected chi connectivity index (χ1v) is 8.68. The van der Waals surface area contributed by atoms with Crippen LogP contribution in [0.2, 0.25) is 10.0 Å². The number of para-hydroxylation sites is 1. The van der Waals surface area contributed by atoms with Crippen molar-refractivity contribution in [3.8, 4) is 11.5 Å². The first-order chi connectivity index (χ1) is 12.1. The molecule has 0 fully saturated rings. The van der Waals surface area contributed by atoms with Gasteiger partial charge in [0.1, 0.15) is 11.5 Å². The first kappa shape index (κ1) is 17.5. The fraction of sp³-hybridized carbons (Fsp3) is 0.0952. The van der Waals surface area contributed by atoms with E-state index in [1.165, 1.54) is 0 Å². The van der Waals surface area contributed by atoms with Crippen LogP contribution < -0.4 is 4.74 Å². The summed E-state index contributed by atoms with van der Waals surface area (Å²) in [6.45, 7) is 2.00. The number of nitrogens with zero attached hydrogens (tertiary/aromatic N) is 1. The van der Waals surface area contributed by atoms with Crippen LogP contribution in [-0.4, -0.2) is 6.21 Å². The number of rotatable bonds is 5. The van der Waals surface area contributed by atoms with Crippen LogP contribution in [0.15, 0.2) is 77.8 Å². The Labute approximate surface area is 157 Å². The summed E-state index contributed by atoms with van der Waals surface area (Å²) in [7, 11) is 0. The topological polar surface area (TPSA) is 21.6 Å². The van der Waals surface area contributed by atoms with Crippen molar-refractivity contribution in [3.63, 3.8) is 0 Å². The molecule has 0 aromatic heterocycles. The maximum Gasteiger partial charge on any atom is 0.127 e. The molecule has 0 aliphatic heterocycles. The highest BCUT2D eigenvalue weighted by atomic mass is 35.5. The molecule has 0 bridgehead atoms. The predicted molar refractivity (Wildman–Crippen MR) is 105 cm³/mol. The molecule has 3 aromatic rings. The van der Waals surface area contributed by atoms with Gasteiger partial charge in [-0.05, 0) is 66.6 Å². The van der Waals surface area contributed by atoms with Gasteiger partial charge < -0.3 is 4.74 Å². The van der Waals surface area contributed by atoms with Gasteiger partial charge in [0.05, 0.1) is 6.04 Å². The summed E-state index contributed by atoms with van der Waals surface area (Å²) in [4.78, 5) is 4.58. The predicted octanol–water partition coefficient (Wildman–Crippen LogP) is 6.97. The van der Waals surface area contributed by atoms with Crippen molar-refractivity contribution >= 4 is 29.4 Å². The Balaban J connectivity index is 1.67. The van der Waals surface area contributed by atoms with Gasteiger partial charge in [0.2, 0.25) is 0 Å². The van der Waals surface area contributed by atoms with E-state index in [-0.39, 0.29) is 6.04 Å². The third-order valence-corrected chi connectivity index (χ3v) is 4.28. The molecule has 0 spiro atoms. The van der Waals surface area contributed by atoms with Crippen molar-refractivity contribution in [2.24, 2.45) is 4.99 Å². The number of ether oxygens (including phenoxy) is 1. The zero-order valence-electron chi connectivity index (χ0n) is 13.7. The van der Waals surface area contributed by atoms with Crippen molar-refractivity contribution in [1.82, 2.24) is 0 Å². The van der Waals surface area contributed by atoms with Gasteiger partial charge in [0.25, 0.3) is 0 Å². The van der Waals surface area contributed by atoms with E-state index in [1.807, 2.05) is 79.9 Å². The Morgan fingerprint density at radius 2 is 1.56 bits per heavy atom. The second kappa shape index (κ2) is 8.19. The zero-order valence-corrected chi connectivity index (χ0v) is 15.2. The van der Waals surface area contributed by atoms with Gasteiger partial charge in [-0.3, -0.25) is 4.99 Å². The number of hydrogen-bond acceptors (Lipinski definition) is 2. The van der Waals surface area contributed by atoms with Gasteiger partial charge in [0, 0.05) is 16.3 Å². The minimum atomic E-state index is -0.0509. The first-order valence-electron chi connectivity index (χ1n) is 7.93. The highest BCUT2D eigenvalue weighted by Crippen LogP contribution is 2.28. The average Bonchev–Trinajstić information content (AvgIpc) is 2.62. The molecule has 0 heterocycles. The van der Waals surface area contributed by atoms with Gasteiger partial charge in [-0.25, -0.2) is 0 Å². The molecule has 1 unspecified atom stereocenters. The Hall–Kier alpha value is -2.29. The second-order valence-electron chi connectivity index (χ2n) is 5.60. The molecule has 0 saturated heterocycles. The lowest BCUT2D eigenvalue weighted by molar-refractivity contribution is 0.482. The number of aliphatic imine (C=N–C) groups is 1. The van der Waals surface area contributed by atoms with E-state index in [2.05, 4.69) is 4.99 Å². The van der Waals surface area contributed by atoms with Crippen LogP contribution in [0.3, 0.4) is 0 Å². The Morgan fingerprint density at radius 1 is 0.880 bits per heavy atom. The summed E-state index contributed by atoms with van der Waals surface area (Å²) in [6.07, 6.45) is 1.84. The molecule has 2 nitrogen and oxygen atoms in total. The van der Waals surface area contributed by atoms with Crippen molar-refractivity contribution in [3.05, 3.63) is 94.0 Å². The van der Waals surface area contributed by atoms with Crippen molar-refractivity contribution in [2.75, 3.05) is 0 Å². The smallest absolute Gasteiger partial charge is 0.127 e. The Kier molecular flexibility index (Phi) is 5.75. The summed E-state index contributed by atoms with van der Waals surface area (Å²) in [6, 6.07) is 22.9. The number of hydrogen-bond donors (Lipinski definition) is 0. The Morgan fingerprint density at radius 3 is 2.24 bits per heavy atom. The van der Waals surface area contributed by atoms with Crippen LogP contribution in [0.5, 0.6) is 11.5 Å². The van der Waals surface area contributed by atoms with Crippen LogP contribution in [0.1, 0.15) is 24.1 Å². The lowest BCUT2D eigenvalue weighted by Crippen LogP contribution is -1.93. The van der Waals surface area contributed by atoms with E-state index >= 15 is 0 Å². The molecule has 0 amide bonds. The molecule has 3 rings (SSSR count). The van der Waals surface area contributed by atoms with Gasteiger partial charge in [-0.1, -0.05) is 47.5 Å². The van der Waals surface area contributed by atoms with E-state index in [9.17, 15) is 0 Å². The fourth-order valence-electron chi connectivity index (χ4n) is 2.37. The van der Waals surface area contributed by atoms with E-state index < -0.39 is 0 Å². The standard InChI is InChI=1S/C21H17Cl2NO/c1-15(20-12-9-17(22)13-21(20)23)24-14-16-7-10-19(11-8-16)25-18-5-3-2-4-6-18/h2-15H,1H3. The monoisotopic (exact) mass is 369 g/mol. The molecule has 4 heteroatoms. The number of halogens is 2. The van der Waals surface area contributed by atoms with Crippen LogP contribution in [0, 0.1) is 0 Å². The third-order valence-electron chi connectivity index (χ3n) is 3.72. The largest absolute Gasteiger partial charge is 0.457 e. The highest BCUT2D eigenvalue weighted by molar-refractivity contribution is 6.35. The molecule has 25 heavy (non-hydrogen) atoms.